The van der Waals surface area contributed by atoms with Crippen molar-refractivity contribution in [3.8, 4) is 0 Å². The van der Waals surface area contributed by atoms with E-state index in [9.17, 15) is 13.5 Å². The van der Waals surface area contributed by atoms with Crippen molar-refractivity contribution in [1.82, 2.24) is 9.71 Å². The summed E-state index contributed by atoms with van der Waals surface area (Å²) >= 11 is 0. The predicted octanol–water partition coefficient (Wildman–Crippen LogP) is 1.60. The number of aliphatic hydroxyl groups excluding tert-OH is 1. The highest BCUT2D eigenvalue weighted by molar-refractivity contribution is 7.88. The summed E-state index contributed by atoms with van der Waals surface area (Å²) < 4.78 is 25.9. The van der Waals surface area contributed by atoms with Gasteiger partial charge in [0.2, 0.25) is 10.0 Å². The number of sulfonamides is 1. The molecule has 1 saturated carbocycles. The molecule has 1 aliphatic rings. The lowest BCUT2D eigenvalue weighted by Gasteiger charge is -2.37. The van der Waals surface area contributed by atoms with Gasteiger partial charge in [-0.15, -0.1) is 0 Å². The van der Waals surface area contributed by atoms with Crippen LogP contribution in [0.5, 0.6) is 0 Å². The molecule has 1 aromatic carbocycles. The van der Waals surface area contributed by atoms with Gasteiger partial charge in [0.25, 0.3) is 0 Å². The summed E-state index contributed by atoms with van der Waals surface area (Å²) in [6.45, 7) is 0. The minimum atomic E-state index is -3.32. The van der Waals surface area contributed by atoms with Gasteiger partial charge in [-0.05, 0) is 36.5 Å². The number of hydrogen-bond acceptors (Lipinski definition) is 4. The molecule has 0 saturated heterocycles. The maximum atomic E-state index is 11.6. The van der Waals surface area contributed by atoms with Crippen LogP contribution in [0.3, 0.4) is 0 Å². The summed E-state index contributed by atoms with van der Waals surface area (Å²) in [5.41, 5.74) is 1.73. The number of benzene rings is 1. The van der Waals surface area contributed by atoms with Crippen LogP contribution in [0.15, 0.2) is 36.5 Å². The van der Waals surface area contributed by atoms with Crippen LogP contribution in [0.2, 0.25) is 0 Å². The smallest absolute Gasteiger partial charge is 0.209 e. The lowest BCUT2D eigenvalue weighted by Crippen LogP contribution is -2.41. The number of para-hydroxylation sites is 1. The Hall–Kier alpha value is -1.50. The Bertz CT molecular complexity index is 754. The summed E-state index contributed by atoms with van der Waals surface area (Å²) in [6.07, 6.45) is 3.77. The first kappa shape index (κ1) is 14.4. The highest BCUT2D eigenvalue weighted by atomic mass is 32.2. The normalized spacial score (nSPS) is 23.7. The highest BCUT2D eigenvalue weighted by Gasteiger charge is 2.36. The monoisotopic (exact) mass is 306 g/mol. The lowest BCUT2D eigenvalue weighted by atomic mass is 9.75. The molecule has 2 aromatic rings. The van der Waals surface area contributed by atoms with E-state index >= 15 is 0 Å². The number of rotatable bonds is 4. The molecule has 1 atom stereocenters. The average molecular weight is 306 g/mol. The molecule has 1 aliphatic carbocycles. The topological polar surface area (TPSA) is 79.3 Å². The van der Waals surface area contributed by atoms with Crippen molar-refractivity contribution in [3.63, 3.8) is 0 Å². The van der Waals surface area contributed by atoms with E-state index in [1.165, 1.54) is 0 Å². The second kappa shape index (κ2) is 5.36. The molecule has 0 radical (unpaired) electrons. The Kier molecular flexibility index (Phi) is 3.69. The second-order valence-corrected chi connectivity index (χ2v) is 7.49. The zero-order valence-corrected chi connectivity index (χ0v) is 12.5. The van der Waals surface area contributed by atoms with Crippen LogP contribution in [-0.2, 0) is 10.0 Å². The van der Waals surface area contributed by atoms with Crippen LogP contribution in [0.1, 0.15) is 24.4 Å². The summed E-state index contributed by atoms with van der Waals surface area (Å²) in [5.74, 6) is 0.109. The molecule has 3 rings (SSSR count). The van der Waals surface area contributed by atoms with Crippen molar-refractivity contribution in [3.05, 3.63) is 42.1 Å². The number of nitrogens with zero attached hydrogens (tertiary/aromatic N) is 1. The zero-order valence-electron chi connectivity index (χ0n) is 11.7. The molecule has 112 valence electrons. The molecule has 0 amide bonds. The number of aromatic nitrogens is 1. The quantitative estimate of drug-likeness (QED) is 0.899. The van der Waals surface area contributed by atoms with Gasteiger partial charge in [0.1, 0.15) is 0 Å². The predicted molar refractivity (Wildman–Crippen MR) is 81.2 cm³/mol. The first-order chi connectivity index (χ1) is 9.92. The van der Waals surface area contributed by atoms with Crippen LogP contribution in [0, 0.1) is 5.92 Å². The van der Waals surface area contributed by atoms with Crippen molar-refractivity contribution in [2.45, 2.75) is 25.0 Å². The minimum absolute atomic E-state index is 0.109. The molecule has 1 heterocycles. The highest BCUT2D eigenvalue weighted by Crippen LogP contribution is 2.38. The summed E-state index contributed by atoms with van der Waals surface area (Å²) in [6, 6.07) is 9.37. The third-order valence-corrected chi connectivity index (χ3v) is 4.61. The van der Waals surface area contributed by atoms with Gasteiger partial charge in [-0.1, -0.05) is 18.2 Å². The Morgan fingerprint density at radius 1 is 1.33 bits per heavy atom. The number of nitrogens with one attached hydrogen (secondary N) is 1. The molecule has 0 spiro atoms. The summed E-state index contributed by atoms with van der Waals surface area (Å²) in [4.78, 5) is 4.39. The minimum Gasteiger partial charge on any atom is -0.393 e. The standard InChI is InChI=1S/C15H18N2O3S/c1-21(19,20)17-15(11-7-13(18)8-11)12-6-10-4-2-3-5-14(10)16-9-12/h2-6,9,11,13,15,17-18H,7-8H2,1H3/t11?,13?,15-/m1/s1. The third-order valence-electron chi connectivity index (χ3n) is 3.93. The summed E-state index contributed by atoms with van der Waals surface area (Å²) in [7, 11) is -3.32. The van der Waals surface area contributed by atoms with Gasteiger partial charge >= 0.3 is 0 Å². The number of aliphatic hydroxyl groups is 1. The Morgan fingerprint density at radius 2 is 2.05 bits per heavy atom. The fourth-order valence-corrected chi connectivity index (χ4v) is 3.62. The van der Waals surface area contributed by atoms with E-state index in [1.807, 2.05) is 30.3 Å². The number of fused-ring (bicyclic) bond motifs is 1. The van der Waals surface area contributed by atoms with Gasteiger partial charge < -0.3 is 5.11 Å². The van der Waals surface area contributed by atoms with Gasteiger partial charge in [-0.3, -0.25) is 4.98 Å². The fourth-order valence-electron chi connectivity index (χ4n) is 2.83. The molecule has 0 bridgehead atoms. The molecule has 2 N–H and O–H groups in total. The molecular formula is C15H18N2O3S. The lowest BCUT2D eigenvalue weighted by molar-refractivity contribution is 0.0280. The van der Waals surface area contributed by atoms with Crippen LogP contribution >= 0.6 is 0 Å². The Labute approximate surface area is 124 Å². The van der Waals surface area contributed by atoms with Gasteiger partial charge in [-0.2, -0.15) is 0 Å². The maximum Gasteiger partial charge on any atom is 0.209 e. The van der Waals surface area contributed by atoms with Gasteiger partial charge in [0, 0.05) is 11.6 Å². The van der Waals surface area contributed by atoms with Crippen LogP contribution < -0.4 is 4.72 Å². The van der Waals surface area contributed by atoms with E-state index in [1.54, 1.807) is 6.20 Å². The first-order valence-corrected chi connectivity index (χ1v) is 8.81. The van der Waals surface area contributed by atoms with Gasteiger partial charge in [0.15, 0.2) is 0 Å². The van der Waals surface area contributed by atoms with E-state index < -0.39 is 10.0 Å². The van der Waals surface area contributed by atoms with Crippen molar-refractivity contribution in [1.29, 1.82) is 0 Å². The fraction of sp³-hybridized carbons (Fsp3) is 0.400. The third kappa shape index (κ3) is 3.23. The maximum absolute atomic E-state index is 11.6. The molecule has 1 fully saturated rings. The molecule has 5 nitrogen and oxygen atoms in total. The molecule has 0 unspecified atom stereocenters. The number of hydrogen-bond donors (Lipinski definition) is 2. The van der Waals surface area contributed by atoms with Crippen LogP contribution in [0.25, 0.3) is 10.9 Å². The van der Waals surface area contributed by atoms with E-state index in [0.717, 1.165) is 22.7 Å². The Morgan fingerprint density at radius 3 is 2.71 bits per heavy atom. The molecule has 0 aliphatic heterocycles. The molecule has 6 heteroatoms. The van der Waals surface area contributed by atoms with E-state index in [-0.39, 0.29) is 18.1 Å². The van der Waals surface area contributed by atoms with E-state index in [0.29, 0.717) is 12.8 Å². The average Bonchev–Trinajstić information content (AvgIpc) is 2.40. The van der Waals surface area contributed by atoms with E-state index in [4.69, 9.17) is 0 Å². The van der Waals surface area contributed by atoms with Crippen molar-refractivity contribution >= 4 is 20.9 Å². The van der Waals surface area contributed by atoms with Crippen LogP contribution in [0.4, 0.5) is 0 Å². The van der Waals surface area contributed by atoms with Crippen molar-refractivity contribution in [2.24, 2.45) is 5.92 Å². The molecular weight excluding hydrogens is 288 g/mol. The van der Waals surface area contributed by atoms with Gasteiger partial charge in [-0.25, -0.2) is 13.1 Å². The molecule has 1 aromatic heterocycles. The summed E-state index contributed by atoms with van der Waals surface area (Å²) in [5, 5.41) is 10.5. The Balaban J connectivity index is 1.97. The van der Waals surface area contributed by atoms with Crippen molar-refractivity contribution < 1.29 is 13.5 Å². The van der Waals surface area contributed by atoms with Gasteiger partial charge in [0.05, 0.1) is 23.9 Å². The SMILES string of the molecule is CS(=O)(=O)N[C@@H](c1cnc2ccccc2c1)C1CC(O)C1. The first-order valence-electron chi connectivity index (χ1n) is 6.92. The molecule has 21 heavy (non-hydrogen) atoms. The largest absolute Gasteiger partial charge is 0.393 e. The zero-order chi connectivity index (χ0) is 15.0. The number of pyridine rings is 1. The van der Waals surface area contributed by atoms with E-state index in [2.05, 4.69) is 9.71 Å². The van der Waals surface area contributed by atoms with Crippen molar-refractivity contribution in [2.75, 3.05) is 6.26 Å². The van der Waals surface area contributed by atoms with Crippen LogP contribution in [-0.4, -0.2) is 30.9 Å². The second-order valence-electron chi connectivity index (χ2n) is 5.71.